The van der Waals surface area contributed by atoms with Crippen LogP contribution in [0.1, 0.15) is 19.4 Å². The standard InChI is InChI=1S/C18H16ClFN2O2/c1-10(2)15(23)8-11-7-13(20)17-16(9-11)24-18(22-17)21-14-6-4-3-5-12(14)19/h3-7,9-10H,8H2,1-2H3,(H,21,22). The maximum absolute atomic E-state index is 14.2. The Bertz CT molecular complexity index is 905. The van der Waals surface area contributed by atoms with E-state index in [4.69, 9.17) is 16.0 Å². The van der Waals surface area contributed by atoms with E-state index in [0.717, 1.165) is 0 Å². The van der Waals surface area contributed by atoms with Gasteiger partial charge in [0, 0.05) is 12.3 Å². The second kappa shape index (κ2) is 6.61. The zero-order valence-electron chi connectivity index (χ0n) is 13.3. The van der Waals surface area contributed by atoms with E-state index in [1.807, 2.05) is 19.9 Å². The monoisotopic (exact) mass is 346 g/mol. The minimum Gasteiger partial charge on any atom is -0.423 e. The molecule has 0 fully saturated rings. The minimum absolute atomic E-state index is 0.0441. The topological polar surface area (TPSA) is 55.1 Å². The smallest absolute Gasteiger partial charge is 0.300 e. The summed E-state index contributed by atoms with van der Waals surface area (Å²) in [6.45, 7) is 3.63. The van der Waals surface area contributed by atoms with Gasteiger partial charge in [0.05, 0.1) is 10.7 Å². The highest BCUT2D eigenvalue weighted by molar-refractivity contribution is 6.33. The normalized spacial score (nSPS) is 11.2. The van der Waals surface area contributed by atoms with Crippen molar-refractivity contribution < 1.29 is 13.6 Å². The lowest BCUT2D eigenvalue weighted by molar-refractivity contribution is -0.121. The molecule has 1 N–H and O–H groups in total. The van der Waals surface area contributed by atoms with Gasteiger partial charge in [0.15, 0.2) is 11.4 Å². The van der Waals surface area contributed by atoms with Crippen LogP contribution in [0.4, 0.5) is 16.1 Å². The van der Waals surface area contributed by atoms with E-state index in [-0.39, 0.29) is 35.2 Å². The number of hydrogen-bond donors (Lipinski definition) is 1. The van der Waals surface area contributed by atoms with Crippen LogP contribution in [0.2, 0.25) is 5.02 Å². The fraction of sp³-hybridized carbons (Fsp3) is 0.222. The van der Waals surface area contributed by atoms with Gasteiger partial charge in [-0.1, -0.05) is 37.6 Å². The highest BCUT2D eigenvalue weighted by Crippen LogP contribution is 2.28. The van der Waals surface area contributed by atoms with Crippen LogP contribution < -0.4 is 5.32 Å². The first-order valence-corrected chi connectivity index (χ1v) is 7.95. The highest BCUT2D eigenvalue weighted by atomic mass is 35.5. The molecule has 6 heteroatoms. The third-order valence-electron chi connectivity index (χ3n) is 3.65. The molecule has 3 aromatic rings. The summed E-state index contributed by atoms with van der Waals surface area (Å²) in [7, 11) is 0. The number of para-hydroxylation sites is 1. The molecule has 0 unspecified atom stereocenters. The fourth-order valence-corrected chi connectivity index (χ4v) is 2.46. The molecule has 0 saturated heterocycles. The molecule has 0 aliphatic rings. The Hall–Kier alpha value is -2.40. The Labute approximate surface area is 143 Å². The molecule has 1 heterocycles. The first kappa shape index (κ1) is 16.5. The van der Waals surface area contributed by atoms with Crippen LogP contribution in [0, 0.1) is 11.7 Å². The number of benzene rings is 2. The van der Waals surface area contributed by atoms with Gasteiger partial charge in [0.1, 0.15) is 11.3 Å². The van der Waals surface area contributed by atoms with Crippen LogP contribution in [-0.4, -0.2) is 10.8 Å². The van der Waals surface area contributed by atoms with Crippen molar-refractivity contribution in [2.24, 2.45) is 5.92 Å². The van der Waals surface area contributed by atoms with Crippen LogP contribution in [0.15, 0.2) is 40.8 Å². The number of aromatic nitrogens is 1. The Morgan fingerprint density at radius 1 is 1.33 bits per heavy atom. The van der Waals surface area contributed by atoms with Gasteiger partial charge in [-0.05, 0) is 29.8 Å². The second-order valence-corrected chi connectivity index (χ2v) is 6.25. The number of fused-ring (bicyclic) bond motifs is 1. The molecule has 1 aromatic heterocycles. The Morgan fingerprint density at radius 2 is 2.08 bits per heavy atom. The van der Waals surface area contributed by atoms with Gasteiger partial charge >= 0.3 is 0 Å². The van der Waals surface area contributed by atoms with Gasteiger partial charge in [-0.3, -0.25) is 4.79 Å². The first-order valence-electron chi connectivity index (χ1n) is 7.57. The van der Waals surface area contributed by atoms with Crippen molar-refractivity contribution in [1.82, 2.24) is 4.98 Å². The van der Waals surface area contributed by atoms with Crippen molar-refractivity contribution in [3.8, 4) is 0 Å². The summed E-state index contributed by atoms with van der Waals surface area (Å²) in [5.74, 6) is -0.575. The van der Waals surface area contributed by atoms with E-state index in [0.29, 0.717) is 16.3 Å². The summed E-state index contributed by atoms with van der Waals surface area (Å²) in [5.41, 5.74) is 1.59. The molecule has 24 heavy (non-hydrogen) atoms. The molecule has 2 aromatic carbocycles. The van der Waals surface area contributed by atoms with Crippen LogP contribution >= 0.6 is 11.6 Å². The Kier molecular flexibility index (Phi) is 4.53. The lowest BCUT2D eigenvalue weighted by Crippen LogP contribution is -2.10. The number of carbonyl (C=O) groups excluding carboxylic acids is 1. The zero-order chi connectivity index (χ0) is 17.3. The number of rotatable bonds is 5. The van der Waals surface area contributed by atoms with Crippen molar-refractivity contribution in [2.75, 3.05) is 5.32 Å². The molecular weight excluding hydrogens is 331 g/mol. The molecule has 0 saturated carbocycles. The van der Waals surface area contributed by atoms with Gasteiger partial charge in [-0.2, -0.15) is 4.98 Å². The van der Waals surface area contributed by atoms with Gasteiger partial charge in [-0.15, -0.1) is 0 Å². The molecule has 0 aliphatic carbocycles. The molecule has 0 spiro atoms. The number of anilines is 2. The summed E-state index contributed by atoms with van der Waals surface area (Å²) >= 11 is 6.07. The van der Waals surface area contributed by atoms with E-state index >= 15 is 0 Å². The Balaban J connectivity index is 1.92. The average molecular weight is 347 g/mol. The Morgan fingerprint density at radius 3 is 2.79 bits per heavy atom. The largest absolute Gasteiger partial charge is 0.423 e. The van der Waals surface area contributed by atoms with Gasteiger partial charge in [0.2, 0.25) is 0 Å². The van der Waals surface area contributed by atoms with Gasteiger partial charge in [0.25, 0.3) is 6.01 Å². The van der Waals surface area contributed by atoms with Crippen LogP contribution in [0.5, 0.6) is 0 Å². The molecular formula is C18H16ClFN2O2. The third kappa shape index (κ3) is 3.41. The molecule has 124 valence electrons. The number of halogens is 2. The van der Waals surface area contributed by atoms with Crippen molar-refractivity contribution in [3.63, 3.8) is 0 Å². The second-order valence-electron chi connectivity index (χ2n) is 5.85. The summed E-state index contributed by atoms with van der Waals surface area (Å²) in [6.07, 6.45) is 0.165. The fourth-order valence-electron chi connectivity index (χ4n) is 2.28. The molecule has 0 radical (unpaired) electrons. The zero-order valence-corrected chi connectivity index (χ0v) is 14.0. The van der Waals surface area contributed by atoms with Crippen LogP contribution in [0.25, 0.3) is 11.1 Å². The SMILES string of the molecule is CC(C)C(=O)Cc1cc(F)c2nc(Nc3ccccc3Cl)oc2c1. The quantitative estimate of drug-likeness (QED) is 0.695. The number of nitrogens with one attached hydrogen (secondary N) is 1. The van der Waals surface area contributed by atoms with Gasteiger partial charge in [-0.25, -0.2) is 4.39 Å². The number of oxazole rings is 1. The highest BCUT2D eigenvalue weighted by Gasteiger charge is 2.15. The van der Waals surface area contributed by atoms with Crippen molar-refractivity contribution >= 4 is 40.2 Å². The lowest BCUT2D eigenvalue weighted by atomic mass is 10.0. The average Bonchev–Trinajstić information content (AvgIpc) is 2.92. The summed E-state index contributed by atoms with van der Waals surface area (Å²) in [4.78, 5) is 16.0. The lowest BCUT2D eigenvalue weighted by Gasteiger charge is -2.04. The predicted octanol–water partition coefficient (Wildman–Crippen LogP) is 5.13. The molecule has 0 aliphatic heterocycles. The summed E-state index contributed by atoms with van der Waals surface area (Å²) in [5, 5.41) is 3.43. The molecule has 0 atom stereocenters. The minimum atomic E-state index is -0.519. The van der Waals surface area contributed by atoms with E-state index in [2.05, 4.69) is 10.3 Å². The molecule has 3 rings (SSSR count). The van der Waals surface area contributed by atoms with E-state index in [9.17, 15) is 9.18 Å². The van der Waals surface area contributed by atoms with Gasteiger partial charge < -0.3 is 9.73 Å². The number of nitrogens with zero attached hydrogens (tertiary/aromatic N) is 1. The predicted molar refractivity (Wildman–Crippen MR) is 92.3 cm³/mol. The van der Waals surface area contributed by atoms with E-state index in [1.165, 1.54) is 6.07 Å². The molecule has 4 nitrogen and oxygen atoms in total. The number of carbonyl (C=O) groups is 1. The number of Topliss-reactive ketones (excluding diaryl/α,β-unsaturated/α-hetero) is 1. The summed E-state index contributed by atoms with van der Waals surface area (Å²) < 4.78 is 19.8. The maximum atomic E-state index is 14.2. The van der Waals surface area contributed by atoms with E-state index in [1.54, 1.807) is 24.3 Å². The summed E-state index contributed by atoms with van der Waals surface area (Å²) in [6, 6.07) is 10.2. The van der Waals surface area contributed by atoms with Crippen LogP contribution in [0.3, 0.4) is 0 Å². The number of hydrogen-bond acceptors (Lipinski definition) is 4. The van der Waals surface area contributed by atoms with Crippen molar-refractivity contribution in [1.29, 1.82) is 0 Å². The maximum Gasteiger partial charge on any atom is 0.300 e. The molecule has 0 bridgehead atoms. The van der Waals surface area contributed by atoms with Crippen molar-refractivity contribution in [2.45, 2.75) is 20.3 Å². The molecule has 0 amide bonds. The first-order chi connectivity index (χ1) is 11.4. The van der Waals surface area contributed by atoms with Crippen LogP contribution in [-0.2, 0) is 11.2 Å². The van der Waals surface area contributed by atoms with E-state index < -0.39 is 5.82 Å². The number of ketones is 1. The van der Waals surface area contributed by atoms with Crippen molar-refractivity contribution in [3.05, 3.63) is 52.8 Å². The third-order valence-corrected chi connectivity index (χ3v) is 3.98.